The van der Waals surface area contributed by atoms with Crippen molar-refractivity contribution in [1.82, 2.24) is 0 Å². The number of nitro groups is 1. The van der Waals surface area contributed by atoms with Crippen molar-refractivity contribution in [3.05, 3.63) is 10.1 Å². The van der Waals surface area contributed by atoms with E-state index in [-0.39, 0.29) is 23.6 Å². The Labute approximate surface area is 94.1 Å². The molecule has 16 heavy (non-hydrogen) atoms. The van der Waals surface area contributed by atoms with Gasteiger partial charge in [0.25, 0.3) is 0 Å². The van der Waals surface area contributed by atoms with Gasteiger partial charge in [0.1, 0.15) is 12.7 Å². The number of esters is 1. The lowest BCUT2D eigenvalue weighted by molar-refractivity contribution is -0.527. The van der Waals surface area contributed by atoms with Gasteiger partial charge < -0.3 is 9.47 Å². The Morgan fingerprint density at radius 3 is 2.50 bits per heavy atom. The summed E-state index contributed by atoms with van der Waals surface area (Å²) in [4.78, 5) is 21.5. The van der Waals surface area contributed by atoms with Crippen LogP contribution in [0.3, 0.4) is 0 Å². The van der Waals surface area contributed by atoms with Gasteiger partial charge in [-0.15, -0.1) is 0 Å². The number of nitrogens with zero attached hydrogens (tertiary/aromatic N) is 1. The Morgan fingerprint density at radius 2 is 2.00 bits per heavy atom. The van der Waals surface area contributed by atoms with E-state index in [4.69, 9.17) is 9.47 Å². The highest BCUT2D eigenvalue weighted by Gasteiger charge is 2.30. The summed E-state index contributed by atoms with van der Waals surface area (Å²) in [7, 11) is 0. The highest BCUT2D eigenvalue weighted by Crippen LogP contribution is 2.22. The maximum atomic E-state index is 11.2. The summed E-state index contributed by atoms with van der Waals surface area (Å²) in [6.07, 6.45) is 1.94. The van der Waals surface area contributed by atoms with E-state index in [1.54, 1.807) is 6.92 Å². The van der Waals surface area contributed by atoms with Crippen LogP contribution in [0, 0.1) is 10.1 Å². The molecule has 6 nitrogen and oxygen atoms in total. The molecule has 1 fully saturated rings. The molecule has 0 aromatic rings. The summed E-state index contributed by atoms with van der Waals surface area (Å²) in [5, 5.41) is 10.5. The SMILES string of the molecule is CCOCC(=O)OC1CCC([N+](=O)[O-])CC1. The van der Waals surface area contributed by atoms with Crippen LogP contribution in [0.4, 0.5) is 0 Å². The molecular formula is C10H17NO5. The van der Waals surface area contributed by atoms with Gasteiger partial charge in [-0.25, -0.2) is 4.79 Å². The topological polar surface area (TPSA) is 78.7 Å². The van der Waals surface area contributed by atoms with Crippen molar-refractivity contribution in [2.24, 2.45) is 0 Å². The van der Waals surface area contributed by atoms with E-state index in [0.29, 0.717) is 32.3 Å². The number of carbonyl (C=O) groups is 1. The van der Waals surface area contributed by atoms with E-state index >= 15 is 0 Å². The molecule has 0 radical (unpaired) electrons. The smallest absolute Gasteiger partial charge is 0.332 e. The average Bonchev–Trinajstić information content (AvgIpc) is 2.27. The van der Waals surface area contributed by atoms with Crippen molar-refractivity contribution in [2.45, 2.75) is 44.8 Å². The van der Waals surface area contributed by atoms with Gasteiger partial charge in [-0.3, -0.25) is 10.1 Å². The molecule has 0 atom stereocenters. The fourth-order valence-corrected chi connectivity index (χ4v) is 1.78. The lowest BCUT2D eigenvalue weighted by atomic mass is 9.93. The van der Waals surface area contributed by atoms with Crippen LogP contribution in [0.15, 0.2) is 0 Å². The Bertz CT molecular complexity index is 248. The molecule has 1 rings (SSSR count). The fourth-order valence-electron chi connectivity index (χ4n) is 1.78. The number of rotatable bonds is 5. The summed E-state index contributed by atoms with van der Waals surface area (Å²) >= 11 is 0. The summed E-state index contributed by atoms with van der Waals surface area (Å²) in [6.45, 7) is 2.24. The molecule has 0 heterocycles. The van der Waals surface area contributed by atoms with Crippen LogP contribution >= 0.6 is 0 Å². The van der Waals surface area contributed by atoms with E-state index in [9.17, 15) is 14.9 Å². The molecule has 0 bridgehead atoms. The highest BCUT2D eigenvalue weighted by molar-refractivity contribution is 5.70. The molecule has 1 aliphatic carbocycles. The second-order valence-corrected chi connectivity index (χ2v) is 3.84. The molecule has 1 saturated carbocycles. The minimum atomic E-state index is -0.471. The van der Waals surface area contributed by atoms with Crippen molar-refractivity contribution in [3.63, 3.8) is 0 Å². The zero-order valence-electron chi connectivity index (χ0n) is 9.39. The average molecular weight is 231 g/mol. The summed E-state index contributed by atoms with van der Waals surface area (Å²) in [6, 6.07) is -0.471. The van der Waals surface area contributed by atoms with Crippen LogP contribution in [-0.2, 0) is 14.3 Å². The third-order valence-corrected chi connectivity index (χ3v) is 2.66. The van der Waals surface area contributed by atoms with Crippen LogP contribution in [0.2, 0.25) is 0 Å². The molecular weight excluding hydrogens is 214 g/mol. The van der Waals surface area contributed by atoms with Crippen LogP contribution in [0.25, 0.3) is 0 Å². The van der Waals surface area contributed by atoms with Crippen molar-refractivity contribution in [1.29, 1.82) is 0 Å². The zero-order chi connectivity index (χ0) is 12.0. The first-order valence-electron chi connectivity index (χ1n) is 5.54. The van der Waals surface area contributed by atoms with Gasteiger partial charge in [0.2, 0.25) is 6.04 Å². The number of ether oxygens (including phenoxy) is 2. The highest BCUT2D eigenvalue weighted by atomic mass is 16.6. The summed E-state index contributed by atoms with van der Waals surface area (Å²) in [5.41, 5.74) is 0. The first kappa shape index (κ1) is 12.9. The molecule has 0 saturated heterocycles. The molecule has 0 unspecified atom stereocenters. The molecule has 92 valence electrons. The molecule has 0 spiro atoms. The number of hydrogen-bond donors (Lipinski definition) is 0. The monoisotopic (exact) mass is 231 g/mol. The summed E-state index contributed by atoms with van der Waals surface area (Å²) < 4.78 is 10.0. The zero-order valence-corrected chi connectivity index (χ0v) is 9.39. The summed E-state index contributed by atoms with van der Waals surface area (Å²) in [5.74, 6) is -0.383. The van der Waals surface area contributed by atoms with E-state index in [1.165, 1.54) is 0 Å². The van der Waals surface area contributed by atoms with Crippen molar-refractivity contribution >= 4 is 5.97 Å². The lowest BCUT2D eigenvalue weighted by Gasteiger charge is -2.23. The lowest BCUT2D eigenvalue weighted by Crippen LogP contribution is -2.31. The van der Waals surface area contributed by atoms with Gasteiger partial charge in [-0.2, -0.15) is 0 Å². The Kier molecular flexibility index (Phi) is 5.18. The Hall–Kier alpha value is -1.17. The van der Waals surface area contributed by atoms with Crippen LogP contribution < -0.4 is 0 Å². The van der Waals surface area contributed by atoms with E-state index < -0.39 is 6.04 Å². The van der Waals surface area contributed by atoms with Crippen LogP contribution in [0.5, 0.6) is 0 Å². The largest absolute Gasteiger partial charge is 0.461 e. The minimum Gasteiger partial charge on any atom is -0.461 e. The van der Waals surface area contributed by atoms with E-state index in [0.717, 1.165) is 0 Å². The molecule has 0 N–H and O–H groups in total. The maximum absolute atomic E-state index is 11.2. The first-order valence-corrected chi connectivity index (χ1v) is 5.54. The van der Waals surface area contributed by atoms with Gasteiger partial charge in [0, 0.05) is 24.4 Å². The fraction of sp³-hybridized carbons (Fsp3) is 0.900. The number of hydrogen-bond acceptors (Lipinski definition) is 5. The maximum Gasteiger partial charge on any atom is 0.332 e. The van der Waals surface area contributed by atoms with Gasteiger partial charge in [-0.05, 0) is 19.8 Å². The predicted molar refractivity (Wildman–Crippen MR) is 55.6 cm³/mol. The molecule has 0 amide bonds. The second-order valence-electron chi connectivity index (χ2n) is 3.84. The van der Waals surface area contributed by atoms with Gasteiger partial charge in [0.15, 0.2) is 0 Å². The molecule has 0 aromatic heterocycles. The number of carbonyl (C=O) groups excluding carboxylic acids is 1. The quantitative estimate of drug-likeness (QED) is 0.403. The first-order chi connectivity index (χ1) is 7.63. The Balaban J connectivity index is 2.21. The molecule has 6 heteroatoms. The van der Waals surface area contributed by atoms with Crippen molar-refractivity contribution in [2.75, 3.05) is 13.2 Å². The molecule has 0 aromatic carbocycles. The third-order valence-electron chi connectivity index (χ3n) is 2.66. The van der Waals surface area contributed by atoms with Crippen molar-refractivity contribution < 1.29 is 19.2 Å². The normalized spacial score (nSPS) is 25.1. The van der Waals surface area contributed by atoms with Crippen LogP contribution in [-0.4, -0.2) is 36.3 Å². The minimum absolute atomic E-state index is 0.0360. The second kappa shape index (κ2) is 6.42. The van der Waals surface area contributed by atoms with Crippen molar-refractivity contribution in [3.8, 4) is 0 Å². The third kappa shape index (κ3) is 4.14. The standard InChI is InChI=1S/C10H17NO5/c1-2-15-7-10(12)16-9-5-3-8(4-6-9)11(13)14/h8-9H,2-7H2,1H3. The predicted octanol–water partition coefficient (Wildman–Crippen LogP) is 1.15. The molecule has 0 aliphatic heterocycles. The van der Waals surface area contributed by atoms with Gasteiger partial charge in [-0.1, -0.05) is 0 Å². The van der Waals surface area contributed by atoms with E-state index in [2.05, 4.69) is 0 Å². The van der Waals surface area contributed by atoms with Gasteiger partial charge in [0.05, 0.1) is 0 Å². The van der Waals surface area contributed by atoms with Gasteiger partial charge >= 0.3 is 5.97 Å². The Morgan fingerprint density at radius 1 is 1.38 bits per heavy atom. The van der Waals surface area contributed by atoms with E-state index in [1.807, 2.05) is 0 Å². The van der Waals surface area contributed by atoms with Crippen LogP contribution in [0.1, 0.15) is 32.6 Å². The molecule has 1 aliphatic rings.